The van der Waals surface area contributed by atoms with Crippen molar-refractivity contribution in [3.05, 3.63) is 30.3 Å². The van der Waals surface area contributed by atoms with Crippen LogP contribution >= 0.6 is 24.0 Å². The van der Waals surface area contributed by atoms with Crippen LogP contribution in [-0.4, -0.2) is 31.6 Å². The van der Waals surface area contributed by atoms with Gasteiger partial charge in [0.15, 0.2) is 5.96 Å². The van der Waals surface area contributed by atoms with E-state index in [2.05, 4.69) is 67.9 Å². The Bertz CT molecular complexity index is 406. The van der Waals surface area contributed by atoms with Gasteiger partial charge in [0.25, 0.3) is 0 Å². The molecule has 0 aliphatic heterocycles. The summed E-state index contributed by atoms with van der Waals surface area (Å²) >= 11 is 0. The van der Waals surface area contributed by atoms with Crippen LogP contribution in [0, 0.1) is 5.92 Å². The largest absolute Gasteiger partial charge is 0.380 e. The van der Waals surface area contributed by atoms with Gasteiger partial charge in [-0.15, -0.1) is 24.0 Å². The molecule has 0 saturated carbocycles. The second kappa shape index (κ2) is 12.6. The van der Waals surface area contributed by atoms with Crippen molar-refractivity contribution in [3.63, 3.8) is 0 Å². The summed E-state index contributed by atoms with van der Waals surface area (Å²) in [6.45, 7) is 11.3. The van der Waals surface area contributed by atoms with Crippen LogP contribution in [0.1, 0.15) is 34.1 Å². The SMILES string of the molecule is CCCNC(=NCC(Nc1ccccc1)C(C)C)NCC.I. The van der Waals surface area contributed by atoms with Crippen LogP contribution in [0.4, 0.5) is 5.69 Å². The molecule has 3 N–H and O–H groups in total. The van der Waals surface area contributed by atoms with Gasteiger partial charge in [-0.05, 0) is 31.4 Å². The van der Waals surface area contributed by atoms with Gasteiger partial charge in [0.05, 0.1) is 6.54 Å². The molecule has 0 aliphatic rings. The van der Waals surface area contributed by atoms with Gasteiger partial charge in [0.1, 0.15) is 0 Å². The lowest BCUT2D eigenvalue weighted by Gasteiger charge is -2.22. The van der Waals surface area contributed by atoms with Gasteiger partial charge < -0.3 is 16.0 Å². The fraction of sp³-hybridized carbons (Fsp3) is 0.588. The van der Waals surface area contributed by atoms with Crippen LogP contribution in [0.3, 0.4) is 0 Å². The van der Waals surface area contributed by atoms with E-state index < -0.39 is 0 Å². The molecule has 1 aromatic carbocycles. The molecule has 0 aliphatic carbocycles. The Balaban J connectivity index is 0.00000441. The Morgan fingerprint density at radius 1 is 1.09 bits per heavy atom. The highest BCUT2D eigenvalue weighted by Gasteiger charge is 2.12. The molecule has 126 valence electrons. The molecule has 1 unspecified atom stereocenters. The van der Waals surface area contributed by atoms with Crippen LogP contribution in [0.25, 0.3) is 0 Å². The lowest BCUT2D eigenvalue weighted by Crippen LogP contribution is -2.39. The summed E-state index contributed by atoms with van der Waals surface area (Å²) in [4.78, 5) is 4.70. The van der Waals surface area contributed by atoms with Crippen LogP contribution in [0.2, 0.25) is 0 Å². The molecular formula is C17H31IN4. The number of rotatable bonds is 8. The summed E-state index contributed by atoms with van der Waals surface area (Å²) in [6, 6.07) is 10.7. The highest BCUT2D eigenvalue weighted by Crippen LogP contribution is 2.12. The first-order valence-corrected chi connectivity index (χ1v) is 8.01. The van der Waals surface area contributed by atoms with Crippen molar-refractivity contribution >= 4 is 35.6 Å². The molecule has 1 aromatic rings. The molecule has 0 aromatic heterocycles. The van der Waals surface area contributed by atoms with E-state index in [9.17, 15) is 0 Å². The quantitative estimate of drug-likeness (QED) is 0.343. The number of hydrogen-bond acceptors (Lipinski definition) is 2. The van der Waals surface area contributed by atoms with Crippen LogP contribution in [-0.2, 0) is 0 Å². The molecule has 1 atom stereocenters. The van der Waals surface area contributed by atoms with Crippen LogP contribution in [0.5, 0.6) is 0 Å². The minimum absolute atomic E-state index is 0. The molecular weight excluding hydrogens is 387 g/mol. The van der Waals surface area contributed by atoms with Gasteiger partial charge in [-0.1, -0.05) is 39.0 Å². The second-order valence-corrected chi connectivity index (χ2v) is 5.51. The molecule has 0 spiro atoms. The van der Waals surface area contributed by atoms with Crippen molar-refractivity contribution in [2.24, 2.45) is 10.9 Å². The third kappa shape index (κ3) is 8.46. The summed E-state index contributed by atoms with van der Waals surface area (Å²) in [7, 11) is 0. The van der Waals surface area contributed by atoms with Gasteiger partial charge in [-0.3, -0.25) is 4.99 Å². The number of benzene rings is 1. The van der Waals surface area contributed by atoms with Gasteiger partial charge in [0, 0.05) is 24.8 Å². The van der Waals surface area contributed by atoms with E-state index >= 15 is 0 Å². The number of anilines is 1. The number of halogens is 1. The summed E-state index contributed by atoms with van der Waals surface area (Å²) < 4.78 is 0. The standard InChI is InChI=1S/C17H30N4.HI/c1-5-12-19-17(18-6-2)20-13-16(14(3)4)21-15-10-8-7-9-11-15;/h7-11,14,16,21H,5-6,12-13H2,1-4H3,(H2,18,19,20);1H. The Labute approximate surface area is 152 Å². The molecule has 4 nitrogen and oxygen atoms in total. The number of hydrogen-bond donors (Lipinski definition) is 3. The predicted molar refractivity (Wildman–Crippen MR) is 108 cm³/mol. The van der Waals surface area contributed by atoms with Crippen LogP contribution in [0.15, 0.2) is 35.3 Å². The van der Waals surface area contributed by atoms with E-state index in [-0.39, 0.29) is 24.0 Å². The predicted octanol–water partition coefficient (Wildman–Crippen LogP) is 3.71. The summed E-state index contributed by atoms with van der Waals surface area (Å²) in [5.74, 6) is 1.42. The molecule has 0 saturated heterocycles. The molecule has 0 heterocycles. The van der Waals surface area contributed by atoms with Crippen molar-refractivity contribution in [2.75, 3.05) is 25.0 Å². The Hall–Kier alpha value is -0.980. The van der Waals surface area contributed by atoms with Gasteiger partial charge in [-0.2, -0.15) is 0 Å². The zero-order chi connectivity index (χ0) is 15.5. The number of aliphatic imine (C=N–C) groups is 1. The molecule has 0 amide bonds. The third-order valence-electron chi connectivity index (χ3n) is 3.26. The topological polar surface area (TPSA) is 48.5 Å². The number of para-hydroxylation sites is 1. The maximum atomic E-state index is 4.70. The van der Waals surface area contributed by atoms with Gasteiger partial charge in [-0.25, -0.2) is 0 Å². The van der Waals surface area contributed by atoms with Crippen LogP contribution < -0.4 is 16.0 Å². The first-order chi connectivity index (χ1) is 10.2. The maximum absolute atomic E-state index is 4.70. The third-order valence-corrected chi connectivity index (χ3v) is 3.26. The molecule has 1 rings (SSSR count). The van der Waals surface area contributed by atoms with Crippen molar-refractivity contribution < 1.29 is 0 Å². The highest BCUT2D eigenvalue weighted by atomic mass is 127. The monoisotopic (exact) mass is 418 g/mol. The minimum atomic E-state index is 0. The summed E-state index contributed by atoms with van der Waals surface area (Å²) in [5, 5.41) is 10.2. The molecule has 5 heteroatoms. The molecule has 0 radical (unpaired) electrons. The first kappa shape index (κ1) is 21.0. The van der Waals surface area contributed by atoms with Gasteiger partial charge >= 0.3 is 0 Å². The number of nitrogens with one attached hydrogen (secondary N) is 3. The minimum Gasteiger partial charge on any atom is -0.380 e. The Morgan fingerprint density at radius 3 is 2.32 bits per heavy atom. The van der Waals surface area contributed by atoms with E-state index in [1.165, 1.54) is 0 Å². The number of guanidine groups is 1. The number of nitrogens with zero attached hydrogens (tertiary/aromatic N) is 1. The summed E-state index contributed by atoms with van der Waals surface area (Å²) in [6.07, 6.45) is 1.10. The van der Waals surface area contributed by atoms with E-state index in [4.69, 9.17) is 4.99 Å². The normalized spacial score (nSPS) is 12.5. The second-order valence-electron chi connectivity index (χ2n) is 5.51. The zero-order valence-electron chi connectivity index (χ0n) is 14.2. The lowest BCUT2D eigenvalue weighted by molar-refractivity contribution is 0.530. The highest BCUT2D eigenvalue weighted by molar-refractivity contribution is 14.0. The summed E-state index contributed by atoms with van der Waals surface area (Å²) in [5.41, 5.74) is 1.15. The average Bonchev–Trinajstić information content (AvgIpc) is 2.49. The van der Waals surface area contributed by atoms with Crippen molar-refractivity contribution in [2.45, 2.75) is 40.2 Å². The Morgan fingerprint density at radius 2 is 1.77 bits per heavy atom. The van der Waals surface area contributed by atoms with Crippen molar-refractivity contribution in [1.29, 1.82) is 0 Å². The smallest absolute Gasteiger partial charge is 0.191 e. The van der Waals surface area contributed by atoms with Gasteiger partial charge in [0.2, 0.25) is 0 Å². The first-order valence-electron chi connectivity index (χ1n) is 8.01. The molecule has 22 heavy (non-hydrogen) atoms. The fourth-order valence-electron chi connectivity index (χ4n) is 1.95. The zero-order valence-corrected chi connectivity index (χ0v) is 16.6. The van der Waals surface area contributed by atoms with E-state index in [0.717, 1.165) is 37.7 Å². The average molecular weight is 418 g/mol. The molecule has 0 bridgehead atoms. The van der Waals surface area contributed by atoms with Crippen molar-refractivity contribution in [1.82, 2.24) is 10.6 Å². The molecule has 0 fully saturated rings. The maximum Gasteiger partial charge on any atom is 0.191 e. The Kier molecular flexibility index (Phi) is 12.0. The fourth-order valence-corrected chi connectivity index (χ4v) is 1.95. The van der Waals surface area contributed by atoms with Crippen molar-refractivity contribution in [3.8, 4) is 0 Å². The van der Waals surface area contributed by atoms with E-state index in [1.54, 1.807) is 0 Å². The lowest BCUT2D eigenvalue weighted by atomic mass is 10.0. The van der Waals surface area contributed by atoms with E-state index in [0.29, 0.717) is 12.0 Å². The van der Waals surface area contributed by atoms with E-state index in [1.807, 2.05) is 6.07 Å².